The molecule has 0 saturated carbocycles. The number of methoxy groups -OCH3 is 1. The van der Waals surface area contributed by atoms with Crippen LogP contribution in [0.25, 0.3) is 28.7 Å². The first kappa shape index (κ1) is 19.6. The van der Waals surface area contributed by atoms with Gasteiger partial charge in [0, 0.05) is 3.57 Å². The zero-order valence-electron chi connectivity index (χ0n) is 16.5. The lowest BCUT2D eigenvalue weighted by atomic mass is 10.1. The molecule has 5 rings (SSSR count). The fourth-order valence-corrected chi connectivity index (χ4v) is 3.95. The number of aromatic nitrogens is 2. The second-order valence-electron chi connectivity index (χ2n) is 6.92. The monoisotopic (exact) mass is 524 g/mol. The summed E-state index contributed by atoms with van der Waals surface area (Å²) in [5.74, 6) is 2.68. The first-order valence-corrected chi connectivity index (χ1v) is 10.6. The average Bonchev–Trinajstić information content (AvgIpc) is 3.26. The molecule has 1 aromatic heterocycles. The predicted octanol–water partition coefficient (Wildman–Crippen LogP) is 4.90. The van der Waals surface area contributed by atoms with Gasteiger partial charge in [-0.05, 0) is 88.8 Å². The van der Waals surface area contributed by atoms with Crippen molar-refractivity contribution in [3.05, 3.63) is 86.0 Å². The summed E-state index contributed by atoms with van der Waals surface area (Å²) in [5.41, 5.74) is 2.16. The first-order valence-electron chi connectivity index (χ1n) is 9.57. The van der Waals surface area contributed by atoms with Gasteiger partial charge >= 0.3 is 0 Å². The first-order chi connectivity index (χ1) is 15.1. The van der Waals surface area contributed by atoms with Gasteiger partial charge in [0.25, 0.3) is 5.56 Å². The second kappa shape index (κ2) is 8.07. The number of ether oxygens (including phenoxy) is 3. The van der Waals surface area contributed by atoms with Crippen LogP contribution in [-0.4, -0.2) is 23.5 Å². The van der Waals surface area contributed by atoms with E-state index in [1.165, 1.54) is 0 Å². The molecule has 2 heterocycles. The molecule has 1 aliphatic rings. The minimum absolute atomic E-state index is 0.126. The molecule has 0 atom stereocenters. The van der Waals surface area contributed by atoms with E-state index in [9.17, 15) is 4.79 Å². The highest BCUT2D eigenvalue weighted by atomic mass is 127. The van der Waals surface area contributed by atoms with Gasteiger partial charge in [-0.1, -0.05) is 12.1 Å². The molecule has 0 radical (unpaired) electrons. The van der Waals surface area contributed by atoms with E-state index in [1.807, 2.05) is 72.8 Å². The fourth-order valence-electron chi connectivity index (χ4n) is 3.46. The molecule has 7 heteroatoms. The van der Waals surface area contributed by atoms with E-state index in [2.05, 4.69) is 22.6 Å². The van der Waals surface area contributed by atoms with Crippen molar-refractivity contribution in [3.63, 3.8) is 0 Å². The SMILES string of the molecule is COc1ccc(-n2c(/C=C/c3ccc4c(c3)OCO4)nc3ccc(I)cc3c2=O)cc1. The lowest BCUT2D eigenvalue weighted by molar-refractivity contribution is 0.174. The predicted molar refractivity (Wildman–Crippen MR) is 128 cm³/mol. The Morgan fingerprint density at radius 1 is 1.00 bits per heavy atom. The molecular weight excluding hydrogens is 507 g/mol. The zero-order valence-corrected chi connectivity index (χ0v) is 18.7. The molecule has 0 saturated heterocycles. The number of hydrogen-bond acceptors (Lipinski definition) is 5. The fraction of sp³-hybridized carbons (Fsp3) is 0.0833. The van der Waals surface area contributed by atoms with Crippen molar-refractivity contribution in [2.45, 2.75) is 0 Å². The summed E-state index contributed by atoms with van der Waals surface area (Å²) >= 11 is 2.20. The summed E-state index contributed by atoms with van der Waals surface area (Å²) in [6.45, 7) is 0.227. The molecular formula is C24H17IN2O4. The highest BCUT2D eigenvalue weighted by Gasteiger charge is 2.14. The van der Waals surface area contributed by atoms with Gasteiger partial charge in [-0.15, -0.1) is 0 Å². The van der Waals surface area contributed by atoms with E-state index in [4.69, 9.17) is 19.2 Å². The summed E-state index contributed by atoms with van der Waals surface area (Å²) in [6.07, 6.45) is 3.74. The Hall–Kier alpha value is -3.33. The van der Waals surface area contributed by atoms with Crippen LogP contribution in [0.2, 0.25) is 0 Å². The smallest absolute Gasteiger partial charge is 0.266 e. The third-order valence-electron chi connectivity index (χ3n) is 5.01. The molecule has 31 heavy (non-hydrogen) atoms. The normalized spacial score (nSPS) is 12.6. The van der Waals surface area contributed by atoms with Crippen LogP contribution in [0.1, 0.15) is 11.4 Å². The topological polar surface area (TPSA) is 62.6 Å². The van der Waals surface area contributed by atoms with Crippen LogP contribution < -0.4 is 19.8 Å². The summed E-state index contributed by atoms with van der Waals surface area (Å²) < 4.78 is 18.7. The van der Waals surface area contributed by atoms with Gasteiger partial charge in [0.05, 0.1) is 23.7 Å². The number of nitrogens with zero attached hydrogens (tertiary/aromatic N) is 2. The Balaban J connectivity index is 1.66. The Labute approximate surface area is 191 Å². The van der Waals surface area contributed by atoms with E-state index in [0.29, 0.717) is 28.2 Å². The molecule has 3 aromatic carbocycles. The average molecular weight is 524 g/mol. The number of hydrogen-bond donors (Lipinski definition) is 0. The van der Waals surface area contributed by atoms with Crippen molar-refractivity contribution in [1.29, 1.82) is 0 Å². The number of benzene rings is 3. The second-order valence-corrected chi connectivity index (χ2v) is 8.16. The van der Waals surface area contributed by atoms with Gasteiger partial charge in [-0.2, -0.15) is 0 Å². The Kier molecular flexibility index (Phi) is 5.11. The summed E-state index contributed by atoms with van der Waals surface area (Å²) in [5, 5.41) is 0.572. The van der Waals surface area contributed by atoms with Crippen LogP contribution in [0, 0.1) is 3.57 Å². The molecule has 0 fully saturated rings. The quantitative estimate of drug-likeness (QED) is 0.356. The number of rotatable bonds is 4. The third kappa shape index (κ3) is 3.76. The zero-order chi connectivity index (χ0) is 21.4. The van der Waals surface area contributed by atoms with Crippen LogP contribution in [0.5, 0.6) is 17.2 Å². The molecule has 0 N–H and O–H groups in total. The molecule has 0 bridgehead atoms. The van der Waals surface area contributed by atoms with Gasteiger partial charge in [0.1, 0.15) is 11.6 Å². The number of fused-ring (bicyclic) bond motifs is 2. The molecule has 6 nitrogen and oxygen atoms in total. The minimum Gasteiger partial charge on any atom is -0.497 e. The van der Waals surface area contributed by atoms with Crippen LogP contribution in [-0.2, 0) is 0 Å². The third-order valence-corrected chi connectivity index (χ3v) is 5.68. The van der Waals surface area contributed by atoms with E-state index in [0.717, 1.165) is 20.6 Å². The molecule has 0 aliphatic carbocycles. The number of halogens is 1. The van der Waals surface area contributed by atoms with E-state index in [-0.39, 0.29) is 12.4 Å². The van der Waals surface area contributed by atoms with Crippen molar-refractivity contribution >= 4 is 45.6 Å². The van der Waals surface area contributed by atoms with E-state index < -0.39 is 0 Å². The molecule has 0 unspecified atom stereocenters. The van der Waals surface area contributed by atoms with E-state index >= 15 is 0 Å². The summed E-state index contributed by atoms with van der Waals surface area (Å²) in [6, 6.07) is 18.7. The standard InChI is InChI=1S/C24H17IN2O4/c1-29-18-7-5-17(6-8-18)27-23(26-20-9-4-16(25)13-19(20)24(27)28)11-3-15-2-10-21-22(12-15)31-14-30-21/h2-13H,14H2,1H3/b11-3+. The summed E-state index contributed by atoms with van der Waals surface area (Å²) in [7, 11) is 1.61. The molecule has 0 amide bonds. The Bertz CT molecular complexity index is 1380. The van der Waals surface area contributed by atoms with Crippen LogP contribution in [0.4, 0.5) is 0 Å². The van der Waals surface area contributed by atoms with Gasteiger partial charge in [0.15, 0.2) is 11.5 Å². The van der Waals surface area contributed by atoms with Gasteiger partial charge in [-0.3, -0.25) is 9.36 Å². The Morgan fingerprint density at radius 2 is 1.81 bits per heavy atom. The van der Waals surface area contributed by atoms with Gasteiger partial charge in [-0.25, -0.2) is 4.98 Å². The maximum atomic E-state index is 13.4. The maximum Gasteiger partial charge on any atom is 0.266 e. The van der Waals surface area contributed by atoms with Gasteiger partial charge in [0.2, 0.25) is 6.79 Å². The highest BCUT2D eigenvalue weighted by molar-refractivity contribution is 14.1. The summed E-state index contributed by atoms with van der Waals surface area (Å²) in [4.78, 5) is 18.2. The van der Waals surface area contributed by atoms with Crippen molar-refractivity contribution in [1.82, 2.24) is 9.55 Å². The van der Waals surface area contributed by atoms with Crippen molar-refractivity contribution < 1.29 is 14.2 Å². The van der Waals surface area contributed by atoms with Gasteiger partial charge < -0.3 is 14.2 Å². The van der Waals surface area contributed by atoms with Crippen molar-refractivity contribution in [2.75, 3.05) is 13.9 Å². The van der Waals surface area contributed by atoms with Crippen LogP contribution >= 0.6 is 22.6 Å². The maximum absolute atomic E-state index is 13.4. The van der Waals surface area contributed by atoms with Crippen molar-refractivity contribution in [3.8, 4) is 22.9 Å². The van der Waals surface area contributed by atoms with Crippen LogP contribution in [0.15, 0.2) is 65.5 Å². The van der Waals surface area contributed by atoms with Crippen LogP contribution in [0.3, 0.4) is 0 Å². The highest BCUT2D eigenvalue weighted by Crippen LogP contribution is 2.33. The molecule has 0 spiro atoms. The molecule has 1 aliphatic heterocycles. The molecule has 154 valence electrons. The minimum atomic E-state index is -0.126. The lowest BCUT2D eigenvalue weighted by Gasteiger charge is -2.12. The molecule has 4 aromatic rings. The Morgan fingerprint density at radius 3 is 2.61 bits per heavy atom. The van der Waals surface area contributed by atoms with Crippen molar-refractivity contribution in [2.24, 2.45) is 0 Å². The lowest BCUT2D eigenvalue weighted by Crippen LogP contribution is -2.22. The van der Waals surface area contributed by atoms with E-state index in [1.54, 1.807) is 11.7 Å². The largest absolute Gasteiger partial charge is 0.497 e.